The fraction of sp³-hybridized carbons (Fsp3) is 0.417. The summed E-state index contributed by atoms with van der Waals surface area (Å²) < 4.78 is 1.76. The van der Waals surface area contributed by atoms with Crippen LogP contribution in [0.4, 0.5) is 5.82 Å². The molecule has 0 radical (unpaired) electrons. The lowest BCUT2D eigenvalue weighted by molar-refractivity contribution is -0.137. The molecule has 5 rings (SSSR count). The maximum absolute atomic E-state index is 13.7. The van der Waals surface area contributed by atoms with Crippen LogP contribution in [0.2, 0.25) is 5.02 Å². The Hall–Kier alpha value is -2.93. The second kappa shape index (κ2) is 8.54. The number of rotatable bonds is 4. The van der Waals surface area contributed by atoms with Gasteiger partial charge in [-0.05, 0) is 43.5 Å². The summed E-state index contributed by atoms with van der Waals surface area (Å²) in [6.07, 6.45) is 7.47. The number of carbonyl (C=O) groups excluding carboxylic acids is 1. The number of hydrogen-bond donors (Lipinski definition) is 0. The van der Waals surface area contributed by atoms with Crippen molar-refractivity contribution in [2.24, 2.45) is 0 Å². The monoisotopic (exact) mass is 450 g/mol. The predicted octanol–water partition coefficient (Wildman–Crippen LogP) is 3.78. The molecule has 8 heteroatoms. The maximum Gasteiger partial charge on any atom is 0.233 e. The van der Waals surface area contributed by atoms with Gasteiger partial charge in [0.25, 0.3) is 0 Å². The number of aromatic nitrogens is 4. The number of aryl methyl sites for hydroxylation is 1. The van der Waals surface area contributed by atoms with E-state index in [9.17, 15) is 4.79 Å². The van der Waals surface area contributed by atoms with E-state index in [1.54, 1.807) is 11.0 Å². The number of piperazine rings is 1. The third-order valence-corrected chi connectivity index (χ3v) is 7.00. The van der Waals surface area contributed by atoms with E-state index in [2.05, 4.69) is 20.0 Å². The number of hydrogen-bond acceptors (Lipinski definition) is 5. The first-order valence-corrected chi connectivity index (χ1v) is 11.6. The Kier molecular flexibility index (Phi) is 5.59. The van der Waals surface area contributed by atoms with Crippen LogP contribution in [0.3, 0.4) is 0 Å². The molecule has 2 aliphatic rings. The Labute approximate surface area is 193 Å². The van der Waals surface area contributed by atoms with Gasteiger partial charge < -0.3 is 9.80 Å². The van der Waals surface area contributed by atoms with Gasteiger partial charge in [0, 0.05) is 43.5 Å². The molecule has 166 valence electrons. The molecule has 1 amide bonds. The van der Waals surface area contributed by atoms with Crippen LogP contribution < -0.4 is 4.90 Å². The third-order valence-electron chi connectivity index (χ3n) is 6.75. The van der Waals surface area contributed by atoms with Gasteiger partial charge in [0.2, 0.25) is 5.91 Å². The zero-order chi connectivity index (χ0) is 22.1. The molecule has 1 saturated carbocycles. The van der Waals surface area contributed by atoms with Crippen molar-refractivity contribution in [3.63, 3.8) is 0 Å². The van der Waals surface area contributed by atoms with E-state index in [1.165, 1.54) is 0 Å². The number of amides is 1. The van der Waals surface area contributed by atoms with Gasteiger partial charge in [-0.1, -0.05) is 36.6 Å². The highest BCUT2D eigenvalue weighted by atomic mass is 35.5. The Bertz CT molecular complexity index is 1100. The zero-order valence-corrected chi connectivity index (χ0v) is 19.0. The highest BCUT2D eigenvalue weighted by molar-refractivity contribution is 6.30. The summed E-state index contributed by atoms with van der Waals surface area (Å²) in [7, 11) is 0. The summed E-state index contributed by atoms with van der Waals surface area (Å²) >= 11 is 6.10. The molecular weight excluding hydrogens is 424 g/mol. The predicted molar refractivity (Wildman–Crippen MR) is 124 cm³/mol. The third kappa shape index (κ3) is 3.86. The molecule has 1 aliphatic carbocycles. The van der Waals surface area contributed by atoms with E-state index in [0.29, 0.717) is 18.1 Å². The molecule has 1 aliphatic heterocycles. The number of halogens is 1. The lowest BCUT2D eigenvalue weighted by Crippen LogP contribution is -2.54. The second-order valence-corrected chi connectivity index (χ2v) is 9.15. The number of nitrogens with zero attached hydrogens (tertiary/aromatic N) is 6. The number of benzene rings is 1. The van der Waals surface area contributed by atoms with Crippen molar-refractivity contribution in [2.75, 3.05) is 31.1 Å². The molecule has 1 aromatic carbocycles. The molecule has 7 nitrogen and oxygen atoms in total. The van der Waals surface area contributed by atoms with Crippen LogP contribution in [-0.2, 0) is 10.2 Å². The van der Waals surface area contributed by atoms with E-state index >= 15 is 0 Å². The maximum atomic E-state index is 13.7. The number of anilines is 1. The first-order chi connectivity index (χ1) is 15.5. The summed E-state index contributed by atoms with van der Waals surface area (Å²) in [4.78, 5) is 26.8. The molecule has 2 aromatic heterocycles. The average molecular weight is 451 g/mol. The average Bonchev–Trinajstić information content (AvgIpc) is 3.50. The molecule has 0 atom stereocenters. The normalized spacial score (nSPS) is 18.2. The summed E-state index contributed by atoms with van der Waals surface area (Å²) in [6, 6.07) is 11.8. The minimum absolute atomic E-state index is 0.257. The van der Waals surface area contributed by atoms with Gasteiger partial charge in [0.1, 0.15) is 12.1 Å². The fourth-order valence-corrected chi connectivity index (χ4v) is 5.12. The standard InChI is InChI=1S/C24H27ClN6O/c1-18-8-11-31(28-18)22-16-21(26-17-27-22)29-12-14-30(15-13-29)23(32)24(9-2-3-10-24)19-4-6-20(25)7-5-19/h4-8,11,16-17H,2-3,9-10,12-15H2,1H3. The zero-order valence-electron chi connectivity index (χ0n) is 18.2. The van der Waals surface area contributed by atoms with Crippen molar-refractivity contribution in [3.05, 3.63) is 65.2 Å². The van der Waals surface area contributed by atoms with Crippen LogP contribution in [0.25, 0.3) is 5.82 Å². The highest BCUT2D eigenvalue weighted by Gasteiger charge is 2.45. The first-order valence-electron chi connectivity index (χ1n) is 11.2. The van der Waals surface area contributed by atoms with Gasteiger partial charge in [0.15, 0.2) is 5.82 Å². The van der Waals surface area contributed by atoms with Crippen molar-refractivity contribution in [1.29, 1.82) is 0 Å². The van der Waals surface area contributed by atoms with Gasteiger partial charge in [-0.3, -0.25) is 4.79 Å². The van der Waals surface area contributed by atoms with Crippen LogP contribution in [-0.4, -0.2) is 56.7 Å². The summed E-state index contributed by atoms with van der Waals surface area (Å²) in [6.45, 7) is 4.83. The Morgan fingerprint density at radius 1 is 0.969 bits per heavy atom. The van der Waals surface area contributed by atoms with Gasteiger partial charge in [-0.25, -0.2) is 14.6 Å². The van der Waals surface area contributed by atoms with Gasteiger partial charge in [0.05, 0.1) is 11.1 Å². The summed E-state index contributed by atoms with van der Waals surface area (Å²) in [5, 5.41) is 5.14. The molecule has 0 N–H and O–H groups in total. The van der Waals surface area contributed by atoms with Crippen LogP contribution in [0.1, 0.15) is 36.9 Å². The Morgan fingerprint density at radius 2 is 1.66 bits per heavy atom. The molecular formula is C24H27ClN6O. The van der Waals surface area contributed by atoms with E-state index in [0.717, 1.165) is 61.7 Å². The molecule has 3 heterocycles. The Morgan fingerprint density at radius 3 is 2.31 bits per heavy atom. The fourth-order valence-electron chi connectivity index (χ4n) is 4.99. The topological polar surface area (TPSA) is 67.2 Å². The SMILES string of the molecule is Cc1ccn(-c2cc(N3CCN(C(=O)C4(c5ccc(Cl)cc5)CCCC4)CC3)ncn2)n1. The highest BCUT2D eigenvalue weighted by Crippen LogP contribution is 2.43. The largest absolute Gasteiger partial charge is 0.353 e. The molecule has 3 aromatic rings. The van der Waals surface area contributed by atoms with Gasteiger partial charge in [-0.15, -0.1) is 0 Å². The smallest absolute Gasteiger partial charge is 0.233 e. The summed E-state index contributed by atoms with van der Waals surface area (Å²) in [5.41, 5.74) is 1.63. The van der Waals surface area contributed by atoms with Crippen LogP contribution in [0.5, 0.6) is 0 Å². The van der Waals surface area contributed by atoms with Crippen molar-refractivity contribution in [2.45, 2.75) is 38.0 Å². The molecule has 0 unspecified atom stereocenters. The van der Waals surface area contributed by atoms with E-state index in [-0.39, 0.29) is 5.91 Å². The van der Waals surface area contributed by atoms with Crippen molar-refractivity contribution < 1.29 is 4.79 Å². The molecule has 0 spiro atoms. The lowest BCUT2D eigenvalue weighted by atomic mass is 9.77. The molecule has 32 heavy (non-hydrogen) atoms. The first kappa shape index (κ1) is 20.9. The van der Waals surface area contributed by atoms with Crippen molar-refractivity contribution in [3.8, 4) is 5.82 Å². The Balaban J connectivity index is 1.30. The molecule has 2 fully saturated rings. The van der Waals surface area contributed by atoms with Gasteiger partial charge >= 0.3 is 0 Å². The lowest BCUT2D eigenvalue weighted by Gasteiger charge is -2.40. The minimum atomic E-state index is -0.410. The van der Waals surface area contributed by atoms with E-state index < -0.39 is 5.41 Å². The molecule has 0 bridgehead atoms. The summed E-state index contributed by atoms with van der Waals surface area (Å²) in [5.74, 6) is 1.87. The van der Waals surface area contributed by atoms with Gasteiger partial charge in [-0.2, -0.15) is 5.10 Å². The number of carbonyl (C=O) groups is 1. The quantitative estimate of drug-likeness (QED) is 0.605. The van der Waals surface area contributed by atoms with Crippen LogP contribution in [0.15, 0.2) is 48.9 Å². The van der Waals surface area contributed by atoms with E-state index in [1.807, 2.05) is 54.4 Å². The molecule has 1 saturated heterocycles. The van der Waals surface area contributed by atoms with Crippen molar-refractivity contribution in [1.82, 2.24) is 24.6 Å². The van der Waals surface area contributed by atoms with Crippen LogP contribution in [0, 0.1) is 6.92 Å². The minimum Gasteiger partial charge on any atom is -0.353 e. The second-order valence-electron chi connectivity index (χ2n) is 8.71. The van der Waals surface area contributed by atoms with Crippen molar-refractivity contribution >= 4 is 23.3 Å². The van der Waals surface area contributed by atoms with Crippen LogP contribution >= 0.6 is 11.6 Å². The van der Waals surface area contributed by atoms with E-state index in [4.69, 9.17) is 11.6 Å².